The number of nitrogens with zero attached hydrogens (tertiary/aromatic N) is 6. The maximum atomic E-state index is 12.3. The quantitative estimate of drug-likeness (QED) is 0.718. The Kier molecular flexibility index (Phi) is 4.97. The van der Waals surface area contributed by atoms with E-state index in [1.54, 1.807) is 4.52 Å². The topological polar surface area (TPSA) is 111 Å². The zero-order valence-electron chi connectivity index (χ0n) is 15.6. The molecule has 0 aromatic carbocycles. The van der Waals surface area contributed by atoms with Crippen LogP contribution in [0.2, 0.25) is 0 Å². The number of hydrogen-bond donors (Lipinski definition) is 1. The fourth-order valence-electron chi connectivity index (χ4n) is 2.79. The Balaban J connectivity index is 1.63. The highest BCUT2D eigenvalue weighted by Crippen LogP contribution is 2.18. The molecular weight excluding hydrogens is 334 g/mol. The molecule has 0 unspecified atom stereocenters. The van der Waals surface area contributed by atoms with Crippen LogP contribution in [0.3, 0.4) is 0 Å². The molecule has 0 fully saturated rings. The molecule has 1 amide bonds. The summed E-state index contributed by atoms with van der Waals surface area (Å²) in [6.45, 7) is 9.66. The van der Waals surface area contributed by atoms with E-state index in [1.807, 2.05) is 34.6 Å². The predicted molar refractivity (Wildman–Crippen MR) is 93.5 cm³/mol. The van der Waals surface area contributed by atoms with Crippen molar-refractivity contribution in [1.29, 1.82) is 0 Å². The van der Waals surface area contributed by atoms with Crippen LogP contribution >= 0.6 is 0 Å². The first kappa shape index (κ1) is 18.0. The summed E-state index contributed by atoms with van der Waals surface area (Å²) in [6.07, 6.45) is 2.38. The summed E-state index contributed by atoms with van der Waals surface area (Å²) in [5.41, 5.74) is 2.82. The fraction of sp³-hybridized carbons (Fsp3) is 0.529. The van der Waals surface area contributed by atoms with Gasteiger partial charge < -0.3 is 9.73 Å². The normalized spacial score (nSPS) is 12.7. The van der Waals surface area contributed by atoms with E-state index >= 15 is 0 Å². The Labute approximate surface area is 151 Å². The number of carbonyl (C=O) groups is 1. The van der Waals surface area contributed by atoms with Gasteiger partial charge in [0.2, 0.25) is 17.7 Å². The highest BCUT2D eigenvalue weighted by atomic mass is 16.4. The molecule has 3 aromatic rings. The summed E-state index contributed by atoms with van der Waals surface area (Å²) in [6, 6.07) is -0.333. The van der Waals surface area contributed by atoms with Crippen molar-refractivity contribution in [2.75, 3.05) is 0 Å². The lowest BCUT2D eigenvalue weighted by Gasteiger charge is -2.12. The number of aryl methyl sites for hydroxylation is 2. The average Bonchev–Trinajstić information content (AvgIpc) is 3.23. The minimum Gasteiger partial charge on any atom is -0.423 e. The van der Waals surface area contributed by atoms with Crippen molar-refractivity contribution in [3.05, 3.63) is 35.1 Å². The zero-order chi connectivity index (χ0) is 18.8. The minimum absolute atomic E-state index is 0.0840. The van der Waals surface area contributed by atoms with Gasteiger partial charge in [-0.15, -0.1) is 10.2 Å². The Bertz CT molecular complexity index is 928. The lowest BCUT2D eigenvalue weighted by atomic mass is 10.1. The fourth-order valence-corrected chi connectivity index (χ4v) is 2.79. The van der Waals surface area contributed by atoms with Gasteiger partial charge in [-0.05, 0) is 32.8 Å². The molecule has 3 aromatic heterocycles. The van der Waals surface area contributed by atoms with Crippen molar-refractivity contribution >= 4 is 11.7 Å². The van der Waals surface area contributed by atoms with Crippen LogP contribution < -0.4 is 5.32 Å². The van der Waals surface area contributed by atoms with Crippen LogP contribution in [0.15, 0.2) is 10.7 Å². The van der Waals surface area contributed by atoms with Crippen molar-refractivity contribution in [2.24, 2.45) is 0 Å². The lowest BCUT2D eigenvalue weighted by molar-refractivity contribution is -0.121. The van der Waals surface area contributed by atoms with Crippen molar-refractivity contribution in [1.82, 2.24) is 35.1 Å². The second-order valence-electron chi connectivity index (χ2n) is 6.66. The molecule has 0 saturated carbocycles. The first-order chi connectivity index (χ1) is 12.4. The summed E-state index contributed by atoms with van der Waals surface area (Å²) in [4.78, 5) is 20.8. The molecule has 26 heavy (non-hydrogen) atoms. The van der Waals surface area contributed by atoms with Gasteiger partial charge in [0.15, 0.2) is 0 Å². The maximum absolute atomic E-state index is 12.3. The number of fused-ring (bicyclic) bond motifs is 1. The molecule has 9 nitrogen and oxygen atoms in total. The standard InChI is InChI=1S/C17H23N7O2/c1-9(2)15-22-23-16(26-15)11(4)20-14(25)7-6-13-10(3)21-17-18-8-19-24(17)12(13)5/h8-9,11H,6-7H2,1-5H3,(H,20,25)/t11-/m0/s1. The van der Waals surface area contributed by atoms with Gasteiger partial charge in [-0.2, -0.15) is 10.1 Å². The summed E-state index contributed by atoms with van der Waals surface area (Å²) in [5.74, 6) is 1.63. The predicted octanol–water partition coefficient (Wildman–Crippen LogP) is 2.06. The molecule has 1 atom stereocenters. The largest absolute Gasteiger partial charge is 0.423 e. The number of aromatic nitrogens is 6. The van der Waals surface area contributed by atoms with Gasteiger partial charge in [0.1, 0.15) is 12.4 Å². The molecule has 9 heteroatoms. The Morgan fingerprint density at radius 3 is 2.65 bits per heavy atom. The monoisotopic (exact) mass is 357 g/mol. The third-order valence-corrected chi connectivity index (χ3v) is 4.29. The van der Waals surface area contributed by atoms with Gasteiger partial charge >= 0.3 is 0 Å². The van der Waals surface area contributed by atoms with Gasteiger partial charge in [-0.25, -0.2) is 9.50 Å². The van der Waals surface area contributed by atoms with Crippen molar-refractivity contribution in [3.63, 3.8) is 0 Å². The van der Waals surface area contributed by atoms with E-state index < -0.39 is 0 Å². The second-order valence-corrected chi connectivity index (χ2v) is 6.66. The van der Waals surface area contributed by atoms with Gasteiger partial charge in [-0.1, -0.05) is 13.8 Å². The van der Waals surface area contributed by atoms with Gasteiger partial charge in [-0.3, -0.25) is 4.79 Å². The first-order valence-electron chi connectivity index (χ1n) is 8.65. The van der Waals surface area contributed by atoms with E-state index in [0.29, 0.717) is 30.4 Å². The molecule has 0 radical (unpaired) electrons. The van der Waals surface area contributed by atoms with Gasteiger partial charge in [0.05, 0.1) is 0 Å². The number of amides is 1. The van der Waals surface area contributed by atoms with E-state index in [4.69, 9.17) is 4.42 Å². The van der Waals surface area contributed by atoms with Crippen LogP contribution in [0.25, 0.3) is 5.78 Å². The summed E-state index contributed by atoms with van der Waals surface area (Å²) >= 11 is 0. The smallest absolute Gasteiger partial charge is 0.252 e. The van der Waals surface area contributed by atoms with Crippen LogP contribution in [0.4, 0.5) is 0 Å². The number of carbonyl (C=O) groups excluding carboxylic acids is 1. The molecule has 3 heterocycles. The number of rotatable bonds is 6. The van der Waals surface area contributed by atoms with E-state index in [2.05, 4.69) is 30.6 Å². The Hall–Kier alpha value is -2.84. The summed E-state index contributed by atoms with van der Waals surface area (Å²) in [7, 11) is 0. The Morgan fingerprint density at radius 1 is 1.23 bits per heavy atom. The molecule has 138 valence electrons. The highest BCUT2D eigenvalue weighted by Gasteiger charge is 2.18. The summed E-state index contributed by atoms with van der Waals surface area (Å²) < 4.78 is 7.27. The van der Waals surface area contributed by atoms with Crippen molar-refractivity contribution in [2.45, 2.75) is 59.4 Å². The van der Waals surface area contributed by atoms with Crippen LogP contribution in [-0.4, -0.2) is 35.7 Å². The Morgan fingerprint density at radius 2 is 1.96 bits per heavy atom. The molecule has 0 aliphatic rings. The van der Waals surface area contributed by atoms with Crippen LogP contribution in [0.1, 0.15) is 67.9 Å². The van der Waals surface area contributed by atoms with Crippen LogP contribution in [0, 0.1) is 13.8 Å². The molecule has 0 aliphatic carbocycles. The van der Waals surface area contributed by atoms with E-state index in [9.17, 15) is 4.79 Å². The number of nitrogens with one attached hydrogen (secondary N) is 1. The minimum atomic E-state index is -0.333. The first-order valence-corrected chi connectivity index (χ1v) is 8.65. The molecule has 1 N–H and O–H groups in total. The molecule has 0 bridgehead atoms. The van der Waals surface area contributed by atoms with Crippen molar-refractivity contribution in [3.8, 4) is 0 Å². The second kappa shape index (κ2) is 7.19. The third kappa shape index (κ3) is 3.56. The molecular formula is C17H23N7O2. The SMILES string of the molecule is Cc1nc2ncnn2c(C)c1CCC(=O)N[C@@H](C)c1nnc(C(C)C)o1. The van der Waals surface area contributed by atoms with Crippen LogP contribution in [-0.2, 0) is 11.2 Å². The molecule has 0 aliphatic heterocycles. The van der Waals surface area contributed by atoms with Gasteiger partial charge in [0.25, 0.3) is 5.78 Å². The zero-order valence-corrected chi connectivity index (χ0v) is 15.6. The molecule has 0 saturated heterocycles. The average molecular weight is 357 g/mol. The molecule has 3 rings (SSSR count). The highest BCUT2D eigenvalue weighted by molar-refractivity contribution is 5.76. The third-order valence-electron chi connectivity index (χ3n) is 4.29. The summed E-state index contributed by atoms with van der Waals surface area (Å²) in [5, 5.41) is 15.1. The van der Waals surface area contributed by atoms with E-state index in [0.717, 1.165) is 17.0 Å². The van der Waals surface area contributed by atoms with Crippen molar-refractivity contribution < 1.29 is 9.21 Å². The van der Waals surface area contributed by atoms with E-state index in [1.165, 1.54) is 6.33 Å². The lowest BCUT2D eigenvalue weighted by Crippen LogP contribution is -2.27. The number of hydrogen-bond acceptors (Lipinski definition) is 7. The van der Waals surface area contributed by atoms with E-state index in [-0.39, 0.29) is 17.9 Å². The van der Waals surface area contributed by atoms with Gasteiger partial charge in [0, 0.05) is 23.7 Å². The van der Waals surface area contributed by atoms with Crippen LogP contribution in [0.5, 0.6) is 0 Å². The molecule has 0 spiro atoms. The maximum Gasteiger partial charge on any atom is 0.252 e.